The number of aryl methyl sites for hydroxylation is 2. The predicted octanol–water partition coefficient (Wildman–Crippen LogP) is 3.19. The van der Waals surface area contributed by atoms with E-state index in [-0.39, 0.29) is 4.88 Å². The molecule has 108 valence electrons. The number of hydrogen-bond acceptors (Lipinski definition) is 4. The molecule has 5 nitrogen and oxygen atoms in total. The second kappa shape index (κ2) is 6.56. The van der Waals surface area contributed by atoms with Crippen molar-refractivity contribution in [2.45, 2.75) is 39.8 Å². The van der Waals surface area contributed by atoms with Crippen molar-refractivity contribution >= 4 is 17.3 Å². The van der Waals surface area contributed by atoms with Gasteiger partial charge in [-0.1, -0.05) is 13.3 Å². The van der Waals surface area contributed by atoms with Crippen LogP contribution in [-0.4, -0.2) is 20.6 Å². The summed E-state index contributed by atoms with van der Waals surface area (Å²) in [6, 6.07) is 1.84. The second-order valence-electron chi connectivity index (χ2n) is 4.42. The van der Waals surface area contributed by atoms with Gasteiger partial charge >= 0.3 is 5.97 Å². The molecule has 0 aliphatic carbocycles. The Morgan fingerprint density at radius 1 is 1.50 bits per heavy atom. The van der Waals surface area contributed by atoms with Crippen molar-refractivity contribution in [3.63, 3.8) is 0 Å². The molecule has 0 aromatic carbocycles. The van der Waals surface area contributed by atoms with E-state index in [1.54, 1.807) is 12.5 Å². The number of ether oxygens (including phenoxy) is 1. The third kappa shape index (κ3) is 3.19. The van der Waals surface area contributed by atoms with Crippen molar-refractivity contribution in [2.75, 3.05) is 0 Å². The maximum Gasteiger partial charge on any atom is 0.349 e. The Morgan fingerprint density at radius 2 is 2.30 bits per heavy atom. The van der Waals surface area contributed by atoms with Crippen LogP contribution < -0.4 is 4.74 Å². The molecule has 0 amide bonds. The average molecular weight is 294 g/mol. The van der Waals surface area contributed by atoms with Gasteiger partial charge in [-0.05, 0) is 19.4 Å². The highest BCUT2D eigenvalue weighted by Crippen LogP contribution is 2.31. The molecule has 2 heterocycles. The fourth-order valence-corrected chi connectivity index (χ4v) is 2.99. The van der Waals surface area contributed by atoms with E-state index in [1.807, 2.05) is 17.6 Å². The molecule has 0 aliphatic rings. The molecule has 2 aromatic rings. The van der Waals surface area contributed by atoms with Crippen LogP contribution in [0.15, 0.2) is 18.6 Å². The van der Waals surface area contributed by atoms with E-state index in [0.717, 1.165) is 30.0 Å². The fraction of sp³-hybridized carbons (Fsp3) is 0.429. The number of rotatable bonds is 7. The van der Waals surface area contributed by atoms with Crippen molar-refractivity contribution in [2.24, 2.45) is 0 Å². The first kappa shape index (κ1) is 14.6. The van der Waals surface area contributed by atoms with Crippen molar-refractivity contribution in [3.05, 3.63) is 34.0 Å². The van der Waals surface area contributed by atoms with Gasteiger partial charge < -0.3 is 14.4 Å². The second-order valence-corrected chi connectivity index (χ2v) is 5.56. The molecule has 1 N–H and O–H groups in total. The van der Waals surface area contributed by atoms with Gasteiger partial charge in [-0.25, -0.2) is 9.78 Å². The minimum absolute atomic E-state index is 0.274. The van der Waals surface area contributed by atoms with Crippen LogP contribution in [0.5, 0.6) is 5.75 Å². The van der Waals surface area contributed by atoms with Crippen LogP contribution in [0.4, 0.5) is 0 Å². The van der Waals surface area contributed by atoms with Gasteiger partial charge in [0.1, 0.15) is 12.4 Å². The number of imidazole rings is 1. The van der Waals surface area contributed by atoms with Crippen LogP contribution in [0, 0.1) is 0 Å². The summed E-state index contributed by atoms with van der Waals surface area (Å²) in [6.07, 6.45) is 5.35. The number of thiophene rings is 1. The van der Waals surface area contributed by atoms with Gasteiger partial charge in [-0.3, -0.25) is 0 Å². The van der Waals surface area contributed by atoms with E-state index < -0.39 is 5.97 Å². The van der Waals surface area contributed by atoms with Crippen LogP contribution in [0.3, 0.4) is 0 Å². The highest BCUT2D eigenvalue weighted by molar-refractivity contribution is 7.14. The lowest BCUT2D eigenvalue weighted by molar-refractivity contribution is 0.0697. The van der Waals surface area contributed by atoms with Gasteiger partial charge in [-0.15, -0.1) is 11.3 Å². The lowest BCUT2D eigenvalue weighted by atomic mass is 10.3. The van der Waals surface area contributed by atoms with Crippen molar-refractivity contribution in [3.8, 4) is 5.75 Å². The Labute approximate surface area is 121 Å². The van der Waals surface area contributed by atoms with E-state index in [1.165, 1.54) is 11.3 Å². The first-order valence-corrected chi connectivity index (χ1v) is 7.45. The number of carbonyl (C=O) groups is 1. The number of carboxylic acids is 1. The summed E-state index contributed by atoms with van der Waals surface area (Å²) in [4.78, 5) is 16.6. The molecule has 6 heteroatoms. The number of nitrogens with zero attached hydrogens (tertiary/aromatic N) is 2. The molecular formula is C14H18N2O3S. The molecule has 2 rings (SSSR count). The van der Waals surface area contributed by atoms with E-state index in [9.17, 15) is 9.90 Å². The monoisotopic (exact) mass is 294 g/mol. The molecule has 0 atom stereocenters. The van der Waals surface area contributed by atoms with Gasteiger partial charge in [0.05, 0.1) is 18.2 Å². The van der Waals surface area contributed by atoms with Crippen molar-refractivity contribution in [1.82, 2.24) is 9.55 Å². The average Bonchev–Trinajstić information content (AvgIpc) is 3.02. The molecule has 0 fully saturated rings. The Kier molecular flexibility index (Phi) is 4.79. The Morgan fingerprint density at radius 3 is 2.95 bits per heavy atom. The highest BCUT2D eigenvalue weighted by Gasteiger charge is 2.17. The fourth-order valence-electron chi connectivity index (χ4n) is 1.95. The summed E-state index contributed by atoms with van der Waals surface area (Å²) in [5, 5.41) is 9.22. The van der Waals surface area contributed by atoms with Gasteiger partial charge in [-0.2, -0.15) is 0 Å². The van der Waals surface area contributed by atoms with Gasteiger partial charge in [0.15, 0.2) is 4.88 Å². The van der Waals surface area contributed by atoms with Gasteiger partial charge in [0.25, 0.3) is 0 Å². The SMILES string of the molecule is CCCc1cc(OCc2cncn2CC)c(C(=O)O)s1. The zero-order valence-electron chi connectivity index (χ0n) is 11.6. The topological polar surface area (TPSA) is 64.4 Å². The van der Waals surface area contributed by atoms with Crippen LogP contribution in [0.2, 0.25) is 0 Å². The zero-order chi connectivity index (χ0) is 14.5. The van der Waals surface area contributed by atoms with E-state index in [0.29, 0.717) is 12.4 Å². The zero-order valence-corrected chi connectivity index (χ0v) is 12.4. The number of aromatic carboxylic acids is 1. The van der Waals surface area contributed by atoms with E-state index in [4.69, 9.17) is 4.74 Å². The molecule has 2 aromatic heterocycles. The molecule has 0 unspecified atom stereocenters. The lowest BCUT2D eigenvalue weighted by Gasteiger charge is -2.07. The molecule has 0 radical (unpaired) electrons. The molecule has 0 aliphatic heterocycles. The molecule has 20 heavy (non-hydrogen) atoms. The number of aromatic nitrogens is 2. The maximum absolute atomic E-state index is 11.2. The maximum atomic E-state index is 11.2. The van der Waals surface area contributed by atoms with Gasteiger partial charge in [0, 0.05) is 11.4 Å². The summed E-state index contributed by atoms with van der Waals surface area (Å²) >= 11 is 1.29. The first-order chi connectivity index (χ1) is 9.65. The highest BCUT2D eigenvalue weighted by atomic mass is 32.1. The van der Waals surface area contributed by atoms with Gasteiger partial charge in [0.2, 0.25) is 0 Å². The quantitative estimate of drug-likeness (QED) is 0.851. The minimum atomic E-state index is -0.934. The van der Waals surface area contributed by atoms with Crippen LogP contribution in [0.25, 0.3) is 0 Å². The van der Waals surface area contributed by atoms with Crippen LogP contribution in [-0.2, 0) is 19.6 Å². The molecule has 0 spiro atoms. The Balaban J connectivity index is 2.13. The van der Waals surface area contributed by atoms with E-state index in [2.05, 4.69) is 11.9 Å². The first-order valence-electron chi connectivity index (χ1n) is 6.63. The predicted molar refractivity (Wildman–Crippen MR) is 77.5 cm³/mol. The summed E-state index contributed by atoms with van der Waals surface area (Å²) in [6.45, 7) is 5.24. The molecule has 0 saturated carbocycles. The summed E-state index contributed by atoms with van der Waals surface area (Å²) in [7, 11) is 0. The largest absolute Gasteiger partial charge is 0.486 e. The standard InChI is InChI=1S/C14H18N2O3S/c1-3-5-11-6-12(13(20-11)14(17)18)19-8-10-7-15-9-16(10)4-2/h6-7,9H,3-5,8H2,1-2H3,(H,17,18). The van der Waals surface area contributed by atoms with Crippen LogP contribution >= 0.6 is 11.3 Å². The van der Waals surface area contributed by atoms with E-state index >= 15 is 0 Å². The van der Waals surface area contributed by atoms with Crippen molar-refractivity contribution < 1.29 is 14.6 Å². The normalized spacial score (nSPS) is 10.7. The Hall–Kier alpha value is -1.82. The summed E-state index contributed by atoms with van der Waals surface area (Å²) in [5.41, 5.74) is 0.937. The number of hydrogen-bond donors (Lipinski definition) is 1. The minimum Gasteiger partial charge on any atom is -0.486 e. The lowest BCUT2D eigenvalue weighted by Crippen LogP contribution is -2.05. The van der Waals surface area contributed by atoms with Crippen LogP contribution in [0.1, 0.15) is 40.5 Å². The smallest absolute Gasteiger partial charge is 0.349 e. The summed E-state index contributed by atoms with van der Waals surface area (Å²) < 4.78 is 7.65. The molecule has 0 saturated heterocycles. The van der Waals surface area contributed by atoms with Crippen molar-refractivity contribution in [1.29, 1.82) is 0 Å². The number of carboxylic acid groups (broad SMARTS) is 1. The summed E-state index contributed by atoms with van der Waals surface area (Å²) in [5.74, 6) is -0.480. The Bertz CT molecular complexity index is 589. The molecular weight excluding hydrogens is 276 g/mol. The third-order valence-electron chi connectivity index (χ3n) is 2.95. The molecule has 0 bridgehead atoms. The third-order valence-corrected chi connectivity index (χ3v) is 4.12.